The van der Waals surface area contributed by atoms with Crippen LogP contribution in [0.3, 0.4) is 0 Å². The summed E-state index contributed by atoms with van der Waals surface area (Å²) in [6.07, 6.45) is 0. The summed E-state index contributed by atoms with van der Waals surface area (Å²) in [6, 6.07) is 0. The molecule has 0 aliphatic rings. The number of hydrogen-bond donors (Lipinski definition) is 0. The van der Waals surface area contributed by atoms with Crippen LogP contribution in [-0.2, 0) is 34.1 Å². The fourth-order valence-electron chi connectivity index (χ4n) is 0. The molecule has 0 aromatic rings. The Morgan fingerprint density at radius 3 is 0.600 bits per heavy atom. The van der Waals surface area contributed by atoms with Crippen LogP contribution in [0.5, 0.6) is 0 Å². The predicted molar refractivity (Wildman–Crippen MR) is 21.7 cm³/mol. The van der Waals surface area contributed by atoms with E-state index in [0.717, 1.165) is 0 Å². The summed E-state index contributed by atoms with van der Waals surface area (Å²) in [5, 5.41) is 0. The zero-order valence-electron chi connectivity index (χ0n) is 1.88. The van der Waals surface area contributed by atoms with Crippen LogP contribution in [0.2, 0.25) is 0 Å². The van der Waals surface area contributed by atoms with Crippen LogP contribution in [0, 0.1) is 0 Å². The molecule has 0 saturated heterocycles. The zero-order chi connectivity index (χ0) is 0. The molecule has 0 fully saturated rings. The van der Waals surface area contributed by atoms with Crippen molar-refractivity contribution < 1.29 is 34.1 Å². The van der Waals surface area contributed by atoms with E-state index in [9.17, 15) is 0 Å². The van der Waals surface area contributed by atoms with Crippen molar-refractivity contribution >= 4 is 37.2 Å². The van der Waals surface area contributed by atoms with Gasteiger partial charge in [-0.25, -0.2) is 0 Å². The maximum atomic E-state index is 0. The maximum Gasteiger partial charge on any atom is 0 e. The van der Waals surface area contributed by atoms with E-state index in [1.54, 1.807) is 0 Å². The molecule has 0 aromatic carbocycles. The first-order valence-electron chi connectivity index (χ1n) is 0. The third kappa shape index (κ3) is 24.8. The van der Waals surface area contributed by atoms with Gasteiger partial charge >= 0.3 is 0 Å². The van der Waals surface area contributed by atoms with E-state index in [1.807, 2.05) is 0 Å². The van der Waals surface area contributed by atoms with Gasteiger partial charge in [-0.1, -0.05) is 0 Å². The molecule has 0 nitrogen and oxygen atoms in total. The van der Waals surface area contributed by atoms with Crippen molar-refractivity contribution in [2.75, 3.05) is 0 Å². The monoisotopic (exact) mass is 227 g/mol. The Balaban J connectivity index is 0. The molecular formula is H3Cl3CuFe. The molecule has 0 saturated carbocycles. The van der Waals surface area contributed by atoms with Crippen molar-refractivity contribution in [2.24, 2.45) is 0 Å². The number of rotatable bonds is 0. The summed E-state index contributed by atoms with van der Waals surface area (Å²) in [5.41, 5.74) is 0. The largest absolute Gasteiger partial charge is 0.147 e. The Labute approximate surface area is 71.0 Å². The van der Waals surface area contributed by atoms with Crippen molar-refractivity contribution in [2.45, 2.75) is 0 Å². The third-order valence-electron chi connectivity index (χ3n) is 0. The molecule has 0 unspecified atom stereocenters. The maximum absolute atomic E-state index is 0. The van der Waals surface area contributed by atoms with E-state index in [1.165, 1.54) is 0 Å². The van der Waals surface area contributed by atoms with Crippen LogP contribution < -0.4 is 0 Å². The van der Waals surface area contributed by atoms with Crippen molar-refractivity contribution in [3.8, 4) is 0 Å². The van der Waals surface area contributed by atoms with Gasteiger partial charge in [-0.3, -0.25) is 0 Å². The summed E-state index contributed by atoms with van der Waals surface area (Å²) in [6.45, 7) is 0. The molecule has 5 heteroatoms. The first-order chi connectivity index (χ1) is 0. The quantitative estimate of drug-likeness (QED) is 0.548. The Morgan fingerprint density at radius 1 is 0.600 bits per heavy atom. The summed E-state index contributed by atoms with van der Waals surface area (Å²) < 4.78 is 0. The van der Waals surface area contributed by atoms with Gasteiger partial charge in [0.05, 0.1) is 0 Å². The molecule has 0 atom stereocenters. The van der Waals surface area contributed by atoms with E-state index in [4.69, 9.17) is 0 Å². The predicted octanol–water partition coefficient (Wildman–Crippen LogP) is 1.26. The average molecular weight is 229 g/mol. The molecule has 0 aromatic heterocycles. The molecule has 0 amide bonds. The Bertz CT molecular complexity index is 6.85. The molecular weight excluding hydrogens is 226 g/mol. The molecule has 0 N–H and O–H groups in total. The molecule has 0 spiro atoms. The summed E-state index contributed by atoms with van der Waals surface area (Å²) in [5.74, 6) is 0. The van der Waals surface area contributed by atoms with Gasteiger partial charge in [0.25, 0.3) is 0 Å². The molecule has 0 rings (SSSR count). The minimum Gasteiger partial charge on any atom is -0.147 e. The average Bonchev–Trinajstić information content (AvgIpc) is 0. The number of hydrogen-bond acceptors (Lipinski definition) is 0. The minimum absolute atomic E-state index is 0. The van der Waals surface area contributed by atoms with Crippen LogP contribution >= 0.6 is 37.2 Å². The molecule has 0 aliphatic heterocycles. The van der Waals surface area contributed by atoms with Crippen molar-refractivity contribution in [1.82, 2.24) is 0 Å². The summed E-state index contributed by atoms with van der Waals surface area (Å²) in [7, 11) is 0. The van der Waals surface area contributed by atoms with Gasteiger partial charge in [-0.15, -0.1) is 37.2 Å². The van der Waals surface area contributed by atoms with Gasteiger partial charge < -0.3 is 0 Å². The van der Waals surface area contributed by atoms with Gasteiger partial charge in [0.1, 0.15) is 0 Å². The van der Waals surface area contributed by atoms with Gasteiger partial charge in [0, 0.05) is 34.1 Å². The smallest absolute Gasteiger partial charge is 0 e. The Morgan fingerprint density at radius 2 is 0.600 bits per heavy atom. The first kappa shape index (κ1) is 66.2. The van der Waals surface area contributed by atoms with E-state index in [2.05, 4.69) is 0 Å². The molecule has 1 radical (unpaired) electrons. The van der Waals surface area contributed by atoms with Gasteiger partial charge in [0.15, 0.2) is 0 Å². The first-order valence-corrected chi connectivity index (χ1v) is 0. The summed E-state index contributed by atoms with van der Waals surface area (Å²) >= 11 is 0. The second kappa shape index (κ2) is 39.1. The van der Waals surface area contributed by atoms with E-state index < -0.39 is 0 Å². The second-order valence-corrected chi connectivity index (χ2v) is 0. The van der Waals surface area contributed by atoms with E-state index in [0.29, 0.717) is 0 Å². The van der Waals surface area contributed by atoms with Crippen molar-refractivity contribution in [3.63, 3.8) is 0 Å². The third-order valence-corrected chi connectivity index (χ3v) is 0. The fourth-order valence-corrected chi connectivity index (χ4v) is 0. The molecule has 0 aliphatic carbocycles. The van der Waals surface area contributed by atoms with E-state index in [-0.39, 0.29) is 71.4 Å². The second-order valence-electron chi connectivity index (χ2n) is 0. The van der Waals surface area contributed by atoms with E-state index >= 15 is 0 Å². The van der Waals surface area contributed by atoms with Crippen LogP contribution in [0.4, 0.5) is 0 Å². The van der Waals surface area contributed by atoms with Gasteiger partial charge in [-0.2, -0.15) is 0 Å². The normalized spacial score (nSPS) is 0. The Hall–Kier alpha value is 1.91. The molecule has 0 bridgehead atoms. The SMILES string of the molecule is Cl.Cl.Cl.[Cu].[Fe]. The van der Waals surface area contributed by atoms with Gasteiger partial charge in [-0.05, 0) is 0 Å². The minimum atomic E-state index is 0. The van der Waals surface area contributed by atoms with Crippen molar-refractivity contribution in [3.05, 3.63) is 0 Å². The van der Waals surface area contributed by atoms with Crippen LogP contribution in [-0.4, -0.2) is 0 Å². The Kier molecular flexibility index (Phi) is 517. The molecule has 5 heavy (non-hydrogen) atoms. The summed E-state index contributed by atoms with van der Waals surface area (Å²) in [4.78, 5) is 0. The zero-order valence-corrected chi connectivity index (χ0v) is 6.38. The van der Waals surface area contributed by atoms with Gasteiger partial charge in [0.2, 0.25) is 0 Å². The van der Waals surface area contributed by atoms with Crippen LogP contribution in [0.1, 0.15) is 0 Å². The van der Waals surface area contributed by atoms with Crippen LogP contribution in [0.25, 0.3) is 0 Å². The topological polar surface area (TPSA) is 0 Å². The van der Waals surface area contributed by atoms with Crippen molar-refractivity contribution in [1.29, 1.82) is 0 Å². The molecule has 43 valence electrons. The number of halogens is 3. The van der Waals surface area contributed by atoms with Crippen LogP contribution in [0.15, 0.2) is 0 Å². The fraction of sp³-hybridized carbons (Fsp3) is 0. The molecule has 0 heterocycles. The standard InChI is InChI=1S/3ClH.Cu.Fe/h3*1H;;.